The number of carbonyl (C=O) groups is 1. The molecule has 150 valence electrons. The summed E-state index contributed by atoms with van der Waals surface area (Å²) in [6.45, 7) is 3.94. The van der Waals surface area contributed by atoms with Crippen molar-refractivity contribution in [3.8, 4) is 17.1 Å². The van der Waals surface area contributed by atoms with Crippen LogP contribution in [0.1, 0.15) is 41.9 Å². The van der Waals surface area contributed by atoms with E-state index in [4.69, 9.17) is 20.9 Å². The molecule has 0 aliphatic carbocycles. The summed E-state index contributed by atoms with van der Waals surface area (Å²) in [4.78, 5) is 18.9. The van der Waals surface area contributed by atoms with Crippen LogP contribution in [0.5, 0.6) is 5.75 Å². The van der Waals surface area contributed by atoms with E-state index in [1.807, 2.05) is 24.3 Å². The lowest BCUT2D eigenvalue weighted by atomic mass is 9.98. The summed E-state index contributed by atoms with van der Waals surface area (Å²) in [6, 6.07) is 14.6. The zero-order chi connectivity index (χ0) is 20.2. The van der Waals surface area contributed by atoms with E-state index in [1.165, 1.54) is 0 Å². The van der Waals surface area contributed by atoms with Gasteiger partial charge in [0.2, 0.25) is 11.7 Å². The smallest absolute Gasteiger partial charge is 0.253 e. The maximum atomic E-state index is 12.6. The average Bonchev–Trinajstić information content (AvgIpc) is 3.17. The maximum absolute atomic E-state index is 12.6. The highest BCUT2D eigenvalue weighted by molar-refractivity contribution is 6.30. The lowest BCUT2D eigenvalue weighted by Gasteiger charge is -2.37. The predicted octanol–water partition coefficient (Wildman–Crippen LogP) is 4.81. The van der Waals surface area contributed by atoms with Gasteiger partial charge >= 0.3 is 0 Å². The van der Waals surface area contributed by atoms with Crippen LogP contribution in [-0.2, 0) is 0 Å². The van der Waals surface area contributed by atoms with Gasteiger partial charge in [0.25, 0.3) is 5.91 Å². The Labute approximate surface area is 174 Å². The van der Waals surface area contributed by atoms with Gasteiger partial charge < -0.3 is 14.2 Å². The Kier molecular flexibility index (Phi) is 5.81. The van der Waals surface area contributed by atoms with E-state index < -0.39 is 0 Å². The van der Waals surface area contributed by atoms with Crippen LogP contribution in [0.15, 0.2) is 53.1 Å². The molecule has 1 amide bonds. The van der Waals surface area contributed by atoms with Crippen LogP contribution in [0.4, 0.5) is 0 Å². The van der Waals surface area contributed by atoms with Crippen LogP contribution < -0.4 is 4.74 Å². The SMILES string of the molecule is CCCCOc1ccc(C(=O)N2CC(c3nc(-c4cccc(Cl)c4)no3)C2)cc1. The topological polar surface area (TPSA) is 68.5 Å². The second kappa shape index (κ2) is 8.66. The monoisotopic (exact) mass is 411 g/mol. The number of benzene rings is 2. The number of unbranched alkanes of at least 4 members (excludes halogenated alkanes) is 1. The van der Waals surface area contributed by atoms with Crippen LogP contribution in [-0.4, -0.2) is 40.6 Å². The number of rotatable bonds is 7. The number of likely N-dealkylation sites (tertiary alicyclic amines) is 1. The Morgan fingerprint density at radius 1 is 1.24 bits per heavy atom. The normalized spacial score (nSPS) is 13.9. The molecule has 7 heteroatoms. The Morgan fingerprint density at radius 2 is 2.03 bits per heavy atom. The number of hydrogen-bond donors (Lipinski definition) is 0. The molecule has 2 heterocycles. The number of nitrogens with zero attached hydrogens (tertiary/aromatic N) is 3. The van der Waals surface area contributed by atoms with Gasteiger partial charge in [-0.3, -0.25) is 4.79 Å². The van der Waals surface area contributed by atoms with Crippen LogP contribution in [0.25, 0.3) is 11.4 Å². The van der Waals surface area contributed by atoms with Crippen molar-refractivity contribution < 1.29 is 14.1 Å². The third-order valence-electron chi connectivity index (χ3n) is 4.91. The average molecular weight is 412 g/mol. The zero-order valence-electron chi connectivity index (χ0n) is 16.2. The van der Waals surface area contributed by atoms with Crippen LogP contribution >= 0.6 is 11.6 Å². The van der Waals surface area contributed by atoms with Crippen molar-refractivity contribution in [2.75, 3.05) is 19.7 Å². The molecule has 0 N–H and O–H groups in total. The Balaban J connectivity index is 1.33. The fourth-order valence-corrected chi connectivity index (χ4v) is 3.35. The molecule has 1 aliphatic rings. The van der Waals surface area contributed by atoms with Crippen LogP contribution in [0.2, 0.25) is 5.02 Å². The van der Waals surface area contributed by atoms with Gasteiger partial charge in [0.15, 0.2) is 0 Å². The van der Waals surface area contributed by atoms with E-state index in [2.05, 4.69) is 17.1 Å². The minimum absolute atomic E-state index is 0.00376. The second-order valence-corrected chi connectivity index (χ2v) is 7.54. The molecule has 1 saturated heterocycles. The molecule has 4 rings (SSSR count). The first-order valence-electron chi connectivity index (χ1n) is 9.75. The summed E-state index contributed by atoms with van der Waals surface area (Å²) < 4.78 is 11.0. The first-order valence-corrected chi connectivity index (χ1v) is 10.1. The number of amides is 1. The predicted molar refractivity (Wildman–Crippen MR) is 110 cm³/mol. The van der Waals surface area contributed by atoms with Crippen molar-refractivity contribution in [3.63, 3.8) is 0 Å². The molecule has 1 aliphatic heterocycles. The third-order valence-corrected chi connectivity index (χ3v) is 5.15. The first-order chi connectivity index (χ1) is 14.1. The molecule has 0 radical (unpaired) electrons. The van der Waals surface area contributed by atoms with Crippen molar-refractivity contribution >= 4 is 17.5 Å². The van der Waals surface area contributed by atoms with Gasteiger partial charge in [-0.25, -0.2) is 0 Å². The van der Waals surface area contributed by atoms with Crippen LogP contribution in [0.3, 0.4) is 0 Å². The van der Waals surface area contributed by atoms with Crippen molar-refractivity contribution in [2.45, 2.75) is 25.7 Å². The molecular formula is C22H22ClN3O3. The fraction of sp³-hybridized carbons (Fsp3) is 0.318. The molecule has 2 aromatic carbocycles. The summed E-state index contributed by atoms with van der Waals surface area (Å²) >= 11 is 6.02. The van der Waals surface area contributed by atoms with Crippen molar-refractivity contribution in [2.24, 2.45) is 0 Å². The molecule has 0 bridgehead atoms. The summed E-state index contributed by atoms with van der Waals surface area (Å²) in [5.41, 5.74) is 1.46. The summed E-state index contributed by atoms with van der Waals surface area (Å²) in [6.07, 6.45) is 2.11. The molecule has 6 nitrogen and oxygen atoms in total. The highest BCUT2D eigenvalue weighted by Gasteiger charge is 2.36. The number of ether oxygens (including phenoxy) is 1. The highest BCUT2D eigenvalue weighted by Crippen LogP contribution is 2.29. The molecule has 0 unspecified atom stereocenters. The molecule has 0 spiro atoms. The highest BCUT2D eigenvalue weighted by atomic mass is 35.5. The Hall–Kier alpha value is -2.86. The number of halogens is 1. The molecule has 0 saturated carbocycles. The standard InChI is InChI=1S/C22H22ClN3O3/c1-2-3-11-28-19-9-7-15(8-10-19)22(27)26-13-17(14-26)21-24-20(25-29-21)16-5-4-6-18(23)12-16/h4-10,12,17H,2-3,11,13-14H2,1H3. The lowest BCUT2D eigenvalue weighted by molar-refractivity contribution is 0.0569. The summed E-state index contributed by atoms with van der Waals surface area (Å²) in [7, 11) is 0. The largest absolute Gasteiger partial charge is 0.494 e. The van der Waals surface area contributed by atoms with E-state index >= 15 is 0 Å². The number of hydrogen-bond acceptors (Lipinski definition) is 5. The molecule has 1 fully saturated rings. The van der Waals surface area contributed by atoms with E-state index in [-0.39, 0.29) is 11.8 Å². The Bertz CT molecular complexity index is 981. The minimum Gasteiger partial charge on any atom is -0.494 e. The maximum Gasteiger partial charge on any atom is 0.253 e. The van der Waals surface area contributed by atoms with Crippen molar-refractivity contribution in [3.05, 3.63) is 65.0 Å². The first kappa shape index (κ1) is 19.5. The van der Waals surface area contributed by atoms with Crippen molar-refractivity contribution in [1.82, 2.24) is 15.0 Å². The molecule has 1 aromatic heterocycles. The fourth-order valence-electron chi connectivity index (χ4n) is 3.16. The van der Waals surface area contributed by atoms with E-state index in [9.17, 15) is 4.79 Å². The molecular weight excluding hydrogens is 390 g/mol. The van der Waals surface area contributed by atoms with Crippen molar-refractivity contribution in [1.29, 1.82) is 0 Å². The molecule has 0 atom stereocenters. The quantitative estimate of drug-likeness (QED) is 0.522. The summed E-state index contributed by atoms with van der Waals surface area (Å²) in [5, 5.41) is 4.66. The third kappa shape index (κ3) is 4.43. The van der Waals surface area contributed by atoms with Gasteiger partial charge in [-0.1, -0.05) is 42.2 Å². The van der Waals surface area contributed by atoms with Gasteiger partial charge in [0.1, 0.15) is 5.75 Å². The molecule has 3 aromatic rings. The van der Waals surface area contributed by atoms with Gasteiger partial charge in [0.05, 0.1) is 12.5 Å². The summed E-state index contributed by atoms with van der Waals surface area (Å²) in [5.74, 6) is 1.89. The Morgan fingerprint density at radius 3 is 2.76 bits per heavy atom. The van der Waals surface area contributed by atoms with Gasteiger partial charge in [0, 0.05) is 29.2 Å². The van der Waals surface area contributed by atoms with Gasteiger partial charge in [-0.15, -0.1) is 0 Å². The molecule has 29 heavy (non-hydrogen) atoms. The van der Waals surface area contributed by atoms with E-state index in [1.54, 1.807) is 29.2 Å². The van der Waals surface area contributed by atoms with E-state index in [0.29, 0.717) is 42.0 Å². The van der Waals surface area contributed by atoms with Gasteiger partial charge in [-0.2, -0.15) is 4.98 Å². The minimum atomic E-state index is -0.00376. The number of aromatic nitrogens is 2. The van der Waals surface area contributed by atoms with Gasteiger partial charge in [-0.05, 0) is 42.8 Å². The zero-order valence-corrected chi connectivity index (χ0v) is 16.9. The second-order valence-electron chi connectivity index (χ2n) is 7.10. The van der Waals surface area contributed by atoms with Crippen LogP contribution in [0, 0.1) is 0 Å². The number of carbonyl (C=O) groups excluding carboxylic acids is 1. The lowest BCUT2D eigenvalue weighted by Crippen LogP contribution is -2.48. The van der Waals surface area contributed by atoms with E-state index in [0.717, 1.165) is 24.2 Å².